The summed E-state index contributed by atoms with van der Waals surface area (Å²) < 4.78 is 5.64. The molecule has 0 aromatic carbocycles. The molecule has 2 heterocycles. The number of carbonyl (C=O) groups is 1. The van der Waals surface area contributed by atoms with E-state index in [2.05, 4.69) is 27.3 Å². The molecule has 0 spiro atoms. The first-order valence-corrected chi connectivity index (χ1v) is 10.5. The first-order valence-electron chi connectivity index (χ1n) is 10.5. The Balaban J connectivity index is 1.47. The lowest BCUT2D eigenvalue weighted by molar-refractivity contribution is -0.126. The molecule has 1 N–H and O–H groups in total. The number of hydrogen-bond donors (Lipinski definition) is 1. The van der Waals surface area contributed by atoms with Gasteiger partial charge in [-0.25, -0.2) is 4.98 Å². The summed E-state index contributed by atoms with van der Waals surface area (Å²) in [5, 5.41) is 3.17. The molecule has 3 rings (SSSR count). The average molecular weight is 372 g/mol. The quantitative estimate of drug-likeness (QED) is 0.708. The van der Waals surface area contributed by atoms with Crippen molar-refractivity contribution in [3.05, 3.63) is 35.5 Å². The zero-order valence-corrected chi connectivity index (χ0v) is 16.6. The van der Waals surface area contributed by atoms with Crippen LogP contribution in [-0.2, 0) is 11.3 Å². The Bertz CT molecular complexity index is 644. The summed E-state index contributed by atoms with van der Waals surface area (Å²) in [6.07, 6.45) is 12.2. The Labute approximate surface area is 163 Å². The smallest absolute Gasteiger partial charge is 0.224 e. The molecule has 5 nitrogen and oxygen atoms in total. The Kier molecular flexibility index (Phi) is 7.69. The van der Waals surface area contributed by atoms with E-state index in [1.807, 2.05) is 13.0 Å². The van der Waals surface area contributed by atoms with Crippen molar-refractivity contribution < 1.29 is 9.53 Å². The van der Waals surface area contributed by atoms with E-state index < -0.39 is 0 Å². The van der Waals surface area contributed by atoms with E-state index >= 15 is 0 Å². The first kappa shape index (κ1) is 19.9. The summed E-state index contributed by atoms with van der Waals surface area (Å²) in [7, 11) is 0. The van der Waals surface area contributed by atoms with Gasteiger partial charge in [-0.3, -0.25) is 9.69 Å². The summed E-state index contributed by atoms with van der Waals surface area (Å²) in [6.45, 7) is 6.00. The van der Waals surface area contributed by atoms with Crippen LogP contribution in [-0.4, -0.2) is 42.0 Å². The SMILES string of the molecule is CCOc1ncccc1CN1CCCC(C(=O)NCCC2=CCCCC2)C1. The van der Waals surface area contributed by atoms with E-state index in [1.165, 1.54) is 31.3 Å². The second-order valence-electron chi connectivity index (χ2n) is 7.62. The summed E-state index contributed by atoms with van der Waals surface area (Å²) >= 11 is 0. The zero-order chi connectivity index (χ0) is 18.9. The normalized spacial score (nSPS) is 20.8. The van der Waals surface area contributed by atoms with Gasteiger partial charge in [-0.1, -0.05) is 17.7 Å². The van der Waals surface area contributed by atoms with Gasteiger partial charge < -0.3 is 10.1 Å². The second-order valence-corrected chi connectivity index (χ2v) is 7.62. The summed E-state index contributed by atoms with van der Waals surface area (Å²) in [5.74, 6) is 1.02. The lowest BCUT2D eigenvalue weighted by Crippen LogP contribution is -2.43. The first-order chi connectivity index (χ1) is 13.3. The largest absolute Gasteiger partial charge is 0.478 e. The number of piperidine rings is 1. The number of allylic oxidation sites excluding steroid dienone is 1. The molecule has 148 valence electrons. The van der Waals surface area contributed by atoms with Gasteiger partial charge in [-0.2, -0.15) is 0 Å². The fraction of sp³-hybridized carbons (Fsp3) is 0.636. The van der Waals surface area contributed by atoms with Crippen LogP contribution in [0.4, 0.5) is 0 Å². The van der Waals surface area contributed by atoms with Crippen LogP contribution in [0.5, 0.6) is 5.88 Å². The van der Waals surface area contributed by atoms with Crippen LogP contribution in [0.25, 0.3) is 0 Å². The van der Waals surface area contributed by atoms with Crippen LogP contribution in [0.3, 0.4) is 0 Å². The van der Waals surface area contributed by atoms with Crippen LogP contribution in [0, 0.1) is 5.92 Å². The van der Waals surface area contributed by atoms with Gasteiger partial charge in [0.05, 0.1) is 12.5 Å². The third-order valence-corrected chi connectivity index (χ3v) is 5.53. The lowest BCUT2D eigenvalue weighted by atomic mass is 9.95. The van der Waals surface area contributed by atoms with Gasteiger partial charge in [0.25, 0.3) is 0 Å². The number of amides is 1. The molecule has 0 saturated carbocycles. The van der Waals surface area contributed by atoms with E-state index in [-0.39, 0.29) is 11.8 Å². The maximum absolute atomic E-state index is 12.6. The molecule has 1 aromatic rings. The minimum absolute atomic E-state index is 0.0892. The van der Waals surface area contributed by atoms with Gasteiger partial charge in [0.2, 0.25) is 11.8 Å². The van der Waals surface area contributed by atoms with Crippen molar-refractivity contribution >= 4 is 5.91 Å². The highest BCUT2D eigenvalue weighted by molar-refractivity contribution is 5.78. The molecule has 1 aromatic heterocycles. The average Bonchev–Trinajstić information content (AvgIpc) is 2.71. The molecule has 1 aliphatic heterocycles. The molecule has 1 fully saturated rings. The molecule has 0 bridgehead atoms. The van der Waals surface area contributed by atoms with Crippen molar-refractivity contribution in [3.8, 4) is 5.88 Å². The van der Waals surface area contributed by atoms with Crippen molar-refractivity contribution in [3.63, 3.8) is 0 Å². The highest BCUT2D eigenvalue weighted by atomic mass is 16.5. The standard InChI is InChI=1S/C22H33N3O2/c1-2-27-22-20(10-6-13-24-22)17-25-15-7-11-19(16-25)21(26)23-14-12-18-8-4-3-5-9-18/h6,8,10,13,19H,2-5,7,9,11-12,14-17H2,1H3,(H,23,26). The predicted molar refractivity (Wildman–Crippen MR) is 108 cm³/mol. The molecule has 1 amide bonds. The number of pyridine rings is 1. The second kappa shape index (κ2) is 10.5. The highest BCUT2D eigenvalue weighted by Gasteiger charge is 2.26. The zero-order valence-electron chi connectivity index (χ0n) is 16.6. The van der Waals surface area contributed by atoms with Crippen LogP contribution < -0.4 is 10.1 Å². The number of carbonyl (C=O) groups excluding carboxylic acids is 1. The fourth-order valence-corrected chi connectivity index (χ4v) is 4.09. The van der Waals surface area contributed by atoms with Gasteiger partial charge in [0.1, 0.15) is 0 Å². The summed E-state index contributed by atoms with van der Waals surface area (Å²) in [4.78, 5) is 19.3. The third-order valence-electron chi connectivity index (χ3n) is 5.53. The van der Waals surface area contributed by atoms with E-state index in [0.29, 0.717) is 12.5 Å². The number of rotatable bonds is 8. The number of nitrogens with one attached hydrogen (secondary N) is 1. The van der Waals surface area contributed by atoms with E-state index in [1.54, 1.807) is 6.20 Å². The predicted octanol–water partition coefficient (Wildman–Crippen LogP) is 3.70. The minimum Gasteiger partial charge on any atom is -0.478 e. The van der Waals surface area contributed by atoms with Gasteiger partial charge in [0, 0.05) is 31.4 Å². The fourth-order valence-electron chi connectivity index (χ4n) is 4.09. The number of ether oxygens (including phenoxy) is 1. The monoisotopic (exact) mass is 371 g/mol. The van der Waals surface area contributed by atoms with Gasteiger partial charge in [0.15, 0.2) is 0 Å². The van der Waals surface area contributed by atoms with Gasteiger partial charge >= 0.3 is 0 Å². The molecule has 1 saturated heterocycles. The summed E-state index contributed by atoms with van der Waals surface area (Å²) in [5.41, 5.74) is 2.62. The maximum Gasteiger partial charge on any atom is 0.224 e. The lowest BCUT2D eigenvalue weighted by Gasteiger charge is -2.32. The van der Waals surface area contributed by atoms with Crippen molar-refractivity contribution in [1.29, 1.82) is 0 Å². The number of likely N-dealkylation sites (tertiary alicyclic amines) is 1. The Morgan fingerprint density at radius 2 is 2.30 bits per heavy atom. The van der Waals surface area contributed by atoms with Crippen LogP contribution in [0.2, 0.25) is 0 Å². The maximum atomic E-state index is 12.6. The van der Waals surface area contributed by atoms with Crippen molar-refractivity contribution in [1.82, 2.24) is 15.2 Å². The van der Waals surface area contributed by atoms with Gasteiger partial charge in [-0.15, -0.1) is 0 Å². The van der Waals surface area contributed by atoms with E-state index in [4.69, 9.17) is 4.74 Å². The Hall–Kier alpha value is -1.88. The molecule has 1 unspecified atom stereocenters. The van der Waals surface area contributed by atoms with Crippen LogP contribution >= 0.6 is 0 Å². The van der Waals surface area contributed by atoms with Crippen LogP contribution in [0.15, 0.2) is 30.0 Å². The summed E-state index contributed by atoms with van der Waals surface area (Å²) in [6, 6.07) is 4.02. The third kappa shape index (κ3) is 6.06. The Morgan fingerprint density at radius 1 is 1.37 bits per heavy atom. The highest BCUT2D eigenvalue weighted by Crippen LogP contribution is 2.23. The number of nitrogens with zero attached hydrogens (tertiary/aromatic N) is 2. The molecular formula is C22H33N3O2. The molecule has 2 aliphatic rings. The molecule has 5 heteroatoms. The minimum atomic E-state index is 0.0892. The molecular weight excluding hydrogens is 338 g/mol. The Morgan fingerprint density at radius 3 is 3.11 bits per heavy atom. The van der Waals surface area contributed by atoms with Crippen LogP contribution in [0.1, 0.15) is 57.4 Å². The number of hydrogen-bond acceptors (Lipinski definition) is 4. The van der Waals surface area contributed by atoms with Crippen molar-refractivity contribution in [2.75, 3.05) is 26.2 Å². The van der Waals surface area contributed by atoms with Gasteiger partial charge in [-0.05, 0) is 64.5 Å². The molecule has 1 atom stereocenters. The molecule has 1 aliphatic carbocycles. The number of aromatic nitrogens is 1. The molecule has 0 radical (unpaired) electrons. The van der Waals surface area contributed by atoms with Crippen molar-refractivity contribution in [2.24, 2.45) is 5.92 Å². The molecule has 27 heavy (non-hydrogen) atoms. The van der Waals surface area contributed by atoms with E-state index in [9.17, 15) is 4.79 Å². The topological polar surface area (TPSA) is 54.5 Å². The van der Waals surface area contributed by atoms with Crippen molar-refractivity contribution in [2.45, 2.75) is 58.4 Å². The van der Waals surface area contributed by atoms with E-state index in [0.717, 1.165) is 51.0 Å².